The summed E-state index contributed by atoms with van der Waals surface area (Å²) in [5.74, 6) is 1.32. The van der Waals surface area contributed by atoms with Crippen LogP contribution in [0.4, 0.5) is 0 Å². The van der Waals surface area contributed by atoms with Crippen LogP contribution in [0.5, 0.6) is 17.2 Å². The monoisotopic (exact) mass is 539 g/mol. The lowest BCUT2D eigenvalue weighted by Crippen LogP contribution is -2.43. The van der Waals surface area contributed by atoms with E-state index in [1.165, 1.54) is 0 Å². The van der Waals surface area contributed by atoms with Gasteiger partial charge in [-0.3, -0.25) is 14.6 Å². The maximum Gasteiger partial charge on any atom is 0.247 e. The number of nitrogens with zero attached hydrogens (tertiary/aromatic N) is 2. The lowest BCUT2D eigenvalue weighted by atomic mass is 10.0. The van der Waals surface area contributed by atoms with Gasteiger partial charge in [0.15, 0.2) is 11.5 Å². The highest BCUT2D eigenvalue weighted by atomic mass is 16.5. The number of rotatable bonds is 12. The molecular weight excluding hydrogens is 506 g/mol. The minimum absolute atomic E-state index is 0.0669. The highest BCUT2D eigenvalue weighted by molar-refractivity contribution is 5.89. The van der Waals surface area contributed by atoms with E-state index in [1.54, 1.807) is 50.8 Å². The molecule has 8 nitrogen and oxygen atoms in total. The number of carbonyl (C=O) groups is 2. The molecule has 1 N–H and O–H groups in total. The zero-order valence-corrected chi connectivity index (χ0v) is 22.9. The number of hydrogen-bond acceptors (Lipinski definition) is 6. The standard InChI is InChI=1S/C32H33N3O5/c1-38-27-12-9-24(10-13-27)22-35(30(36)20-25-11-14-28(39-2)29(19-25)40-3)31(26-7-5-4-6-8-26)32(37)34-21-23-15-17-33-18-16-23/h4-19,31H,20-22H2,1-3H3,(H,34,37). The van der Waals surface area contributed by atoms with Crippen molar-refractivity contribution < 1.29 is 23.8 Å². The topological polar surface area (TPSA) is 90.0 Å². The third-order valence-corrected chi connectivity index (χ3v) is 6.53. The Morgan fingerprint density at radius 3 is 2.10 bits per heavy atom. The molecule has 4 aromatic rings. The summed E-state index contributed by atoms with van der Waals surface area (Å²) in [6.07, 6.45) is 3.43. The summed E-state index contributed by atoms with van der Waals surface area (Å²) in [6, 6.07) is 25.0. The van der Waals surface area contributed by atoms with E-state index in [0.717, 1.165) is 16.7 Å². The van der Waals surface area contributed by atoms with E-state index in [9.17, 15) is 9.59 Å². The van der Waals surface area contributed by atoms with E-state index in [0.29, 0.717) is 29.4 Å². The average molecular weight is 540 g/mol. The lowest BCUT2D eigenvalue weighted by Gasteiger charge is -2.32. The predicted octanol–water partition coefficient (Wildman–Crippen LogP) is 4.74. The van der Waals surface area contributed by atoms with Gasteiger partial charge < -0.3 is 24.4 Å². The quantitative estimate of drug-likeness (QED) is 0.280. The van der Waals surface area contributed by atoms with Crippen molar-refractivity contribution in [2.75, 3.05) is 21.3 Å². The maximum absolute atomic E-state index is 14.0. The van der Waals surface area contributed by atoms with Crippen LogP contribution < -0.4 is 19.5 Å². The first-order chi connectivity index (χ1) is 19.5. The molecule has 0 aliphatic carbocycles. The second-order valence-electron chi connectivity index (χ2n) is 9.12. The first-order valence-corrected chi connectivity index (χ1v) is 12.9. The van der Waals surface area contributed by atoms with Crippen LogP contribution in [0, 0.1) is 0 Å². The Hall–Kier alpha value is -4.85. The van der Waals surface area contributed by atoms with E-state index in [-0.39, 0.29) is 24.8 Å². The third-order valence-electron chi connectivity index (χ3n) is 6.53. The fraction of sp³-hybridized carbons (Fsp3) is 0.219. The second-order valence-corrected chi connectivity index (χ2v) is 9.12. The molecule has 0 spiro atoms. The molecule has 0 aliphatic rings. The van der Waals surface area contributed by atoms with Crippen molar-refractivity contribution in [3.05, 3.63) is 120 Å². The van der Waals surface area contributed by atoms with Gasteiger partial charge in [0.2, 0.25) is 11.8 Å². The first-order valence-electron chi connectivity index (χ1n) is 12.9. The van der Waals surface area contributed by atoms with Gasteiger partial charge in [0.05, 0.1) is 27.8 Å². The van der Waals surface area contributed by atoms with Crippen molar-refractivity contribution in [1.29, 1.82) is 0 Å². The van der Waals surface area contributed by atoms with E-state index >= 15 is 0 Å². The van der Waals surface area contributed by atoms with E-state index < -0.39 is 6.04 Å². The van der Waals surface area contributed by atoms with Crippen molar-refractivity contribution in [2.24, 2.45) is 0 Å². The van der Waals surface area contributed by atoms with Gasteiger partial charge in [0.25, 0.3) is 0 Å². The van der Waals surface area contributed by atoms with E-state index in [2.05, 4.69) is 10.3 Å². The molecule has 3 aromatic carbocycles. The molecule has 1 heterocycles. The van der Waals surface area contributed by atoms with Gasteiger partial charge >= 0.3 is 0 Å². The molecule has 4 rings (SSSR count). The van der Waals surface area contributed by atoms with Gasteiger partial charge in [-0.1, -0.05) is 48.5 Å². The van der Waals surface area contributed by atoms with Crippen LogP contribution in [0.1, 0.15) is 28.3 Å². The van der Waals surface area contributed by atoms with Crippen LogP contribution in [0.3, 0.4) is 0 Å². The molecule has 8 heteroatoms. The van der Waals surface area contributed by atoms with Gasteiger partial charge in [-0.15, -0.1) is 0 Å². The van der Waals surface area contributed by atoms with E-state index in [1.807, 2.05) is 72.8 Å². The van der Waals surface area contributed by atoms with Gasteiger partial charge in [-0.2, -0.15) is 0 Å². The van der Waals surface area contributed by atoms with Gasteiger partial charge in [0, 0.05) is 25.5 Å². The van der Waals surface area contributed by atoms with Crippen LogP contribution in [-0.4, -0.2) is 43.0 Å². The number of aromatic nitrogens is 1. The Balaban J connectivity index is 1.69. The molecule has 0 saturated carbocycles. The molecule has 1 atom stereocenters. The zero-order chi connectivity index (χ0) is 28.3. The maximum atomic E-state index is 14.0. The summed E-state index contributed by atoms with van der Waals surface area (Å²) >= 11 is 0. The predicted molar refractivity (Wildman–Crippen MR) is 152 cm³/mol. The molecule has 1 aromatic heterocycles. The Morgan fingerprint density at radius 2 is 1.45 bits per heavy atom. The number of pyridine rings is 1. The fourth-order valence-corrected chi connectivity index (χ4v) is 4.41. The summed E-state index contributed by atoms with van der Waals surface area (Å²) < 4.78 is 16.1. The Morgan fingerprint density at radius 1 is 0.775 bits per heavy atom. The molecule has 0 saturated heterocycles. The number of ether oxygens (including phenoxy) is 3. The molecule has 0 radical (unpaired) electrons. The van der Waals surface area contributed by atoms with Crippen LogP contribution >= 0.6 is 0 Å². The van der Waals surface area contributed by atoms with E-state index in [4.69, 9.17) is 14.2 Å². The lowest BCUT2D eigenvalue weighted by molar-refractivity contribution is -0.141. The average Bonchev–Trinajstić information content (AvgIpc) is 3.01. The molecule has 40 heavy (non-hydrogen) atoms. The molecule has 2 amide bonds. The van der Waals surface area contributed by atoms with Crippen LogP contribution in [0.15, 0.2) is 97.3 Å². The Bertz CT molecular complexity index is 1400. The number of benzene rings is 3. The highest BCUT2D eigenvalue weighted by Crippen LogP contribution is 2.30. The zero-order valence-electron chi connectivity index (χ0n) is 22.9. The fourth-order valence-electron chi connectivity index (χ4n) is 4.41. The van der Waals surface area contributed by atoms with Gasteiger partial charge in [-0.05, 0) is 58.7 Å². The molecule has 0 bridgehead atoms. The minimum Gasteiger partial charge on any atom is -0.497 e. The first kappa shape index (κ1) is 28.2. The summed E-state index contributed by atoms with van der Waals surface area (Å²) in [5.41, 5.74) is 3.23. The van der Waals surface area contributed by atoms with Crippen LogP contribution in [0.25, 0.3) is 0 Å². The highest BCUT2D eigenvalue weighted by Gasteiger charge is 2.31. The summed E-state index contributed by atoms with van der Waals surface area (Å²) in [4.78, 5) is 33.5. The summed E-state index contributed by atoms with van der Waals surface area (Å²) in [5, 5.41) is 3.02. The Labute approximate surface area is 234 Å². The molecule has 1 unspecified atom stereocenters. The van der Waals surface area contributed by atoms with Crippen molar-refractivity contribution in [2.45, 2.75) is 25.6 Å². The number of carbonyl (C=O) groups excluding carboxylic acids is 2. The third kappa shape index (κ3) is 7.17. The number of nitrogens with one attached hydrogen (secondary N) is 1. The number of amides is 2. The van der Waals surface area contributed by atoms with Crippen molar-refractivity contribution in [3.63, 3.8) is 0 Å². The summed E-state index contributed by atoms with van der Waals surface area (Å²) in [7, 11) is 4.72. The second kappa shape index (κ2) is 13.8. The van der Waals surface area contributed by atoms with Crippen LogP contribution in [0.2, 0.25) is 0 Å². The molecule has 0 fully saturated rings. The normalized spacial score (nSPS) is 11.3. The number of methoxy groups -OCH3 is 3. The van der Waals surface area contributed by atoms with Gasteiger partial charge in [-0.25, -0.2) is 0 Å². The van der Waals surface area contributed by atoms with Crippen molar-refractivity contribution in [1.82, 2.24) is 15.2 Å². The van der Waals surface area contributed by atoms with Gasteiger partial charge in [0.1, 0.15) is 11.8 Å². The minimum atomic E-state index is -0.863. The van der Waals surface area contributed by atoms with Crippen LogP contribution in [-0.2, 0) is 29.1 Å². The SMILES string of the molecule is COc1ccc(CN(C(=O)Cc2ccc(OC)c(OC)c2)C(C(=O)NCc2ccncc2)c2ccccc2)cc1. The number of hydrogen-bond donors (Lipinski definition) is 1. The largest absolute Gasteiger partial charge is 0.497 e. The molecular formula is C32H33N3O5. The van der Waals surface area contributed by atoms with Crippen molar-refractivity contribution in [3.8, 4) is 17.2 Å². The Kier molecular flexibility index (Phi) is 9.72. The molecule has 0 aliphatic heterocycles. The van der Waals surface area contributed by atoms with Crippen molar-refractivity contribution >= 4 is 11.8 Å². The smallest absolute Gasteiger partial charge is 0.247 e. The molecule has 206 valence electrons. The summed E-state index contributed by atoms with van der Waals surface area (Å²) in [6.45, 7) is 0.531.